The first-order valence-electron chi connectivity index (χ1n) is 13.6. The average Bonchev–Trinajstić information content (AvgIpc) is 3.22. The highest BCUT2D eigenvalue weighted by Gasteiger charge is 2.53. The third-order valence-electron chi connectivity index (χ3n) is 7.00. The molecular weight excluding hydrogens is 480 g/mol. The molecule has 7 nitrogen and oxygen atoms in total. The maximum atomic E-state index is 13.2. The summed E-state index contributed by atoms with van der Waals surface area (Å²) in [6, 6.07) is 9.27. The first kappa shape index (κ1) is 29.9. The van der Waals surface area contributed by atoms with E-state index in [-0.39, 0.29) is 41.0 Å². The summed E-state index contributed by atoms with van der Waals surface area (Å²) in [6.07, 6.45) is 1.32. The van der Waals surface area contributed by atoms with Gasteiger partial charge >= 0.3 is 5.97 Å². The molecule has 7 heteroatoms. The van der Waals surface area contributed by atoms with Crippen molar-refractivity contribution in [2.45, 2.75) is 98.6 Å². The highest BCUT2D eigenvalue weighted by atomic mass is 16.5. The summed E-state index contributed by atoms with van der Waals surface area (Å²) in [7, 11) is 1.68. The molecule has 1 aliphatic heterocycles. The van der Waals surface area contributed by atoms with Gasteiger partial charge in [-0.3, -0.25) is 10.1 Å². The molecule has 1 aromatic carbocycles. The number of ether oxygens (including phenoxy) is 4. The minimum atomic E-state index is -0.542. The van der Waals surface area contributed by atoms with Crippen LogP contribution in [0.3, 0.4) is 0 Å². The zero-order valence-corrected chi connectivity index (χ0v) is 24.8. The van der Waals surface area contributed by atoms with Crippen LogP contribution in [0.15, 0.2) is 36.5 Å². The molecule has 0 bridgehead atoms. The number of aromatic nitrogens is 1. The lowest BCUT2D eigenvalue weighted by atomic mass is 9.73. The van der Waals surface area contributed by atoms with Crippen LogP contribution in [0.4, 0.5) is 0 Å². The van der Waals surface area contributed by atoms with E-state index in [1.165, 1.54) is 5.56 Å². The molecule has 1 aliphatic rings. The number of pyridine rings is 1. The van der Waals surface area contributed by atoms with Crippen LogP contribution in [0.2, 0.25) is 0 Å². The van der Waals surface area contributed by atoms with Crippen molar-refractivity contribution in [1.29, 1.82) is 0 Å². The second kappa shape index (κ2) is 12.0. The summed E-state index contributed by atoms with van der Waals surface area (Å²) >= 11 is 0. The second-order valence-electron chi connectivity index (χ2n) is 12.4. The molecule has 1 N–H and O–H groups in total. The number of carbonyl (C=O) groups is 1. The number of benzene rings is 1. The minimum Gasteiger partial charge on any atom is -0.496 e. The van der Waals surface area contributed by atoms with E-state index < -0.39 is 6.04 Å². The van der Waals surface area contributed by atoms with Gasteiger partial charge in [0.25, 0.3) is 0 Å². The lowest BCUT2D eigenvalue weighted by molar-refractivity contribution is -0.148. The quantitative estimate of drug-likeness (QED) is 0.402. The van der Waals surface area contributed by atoms with Gasteiger partial charge in [0.2, 0.25) is 5.88 Å². The van der Waals surface area contributed by atoms with Crippen molar-refractivity contribution < 1.29 is 23.7 Å². The van der Waals surface area contributed by atoms with Gasteiger partial charge in [0.1, 0.15) is 11.8 Å². The van der Waals surface area contributed by atoms with Gasteiger partial charge in [0.05, 0.1) is 38.6 Å². The largest absolute Gasteiger partial charge is 0.496 e. The van der Waals surface area contributed by atoms with Gasteiger partial charge in [-0.05, 0) is 55.4 Å². The van der Waals surface area contributed by atoms with E-state index in [0.717, 1.165) is 16.9 Å². The second-order valence-corrected chi connectivity index (χ2v) is 12.4. The number of rotatable bonds is 9. The number of esters is 1. The molecule has 0 saturated carbocycles. The summed E-state index contributed by atoms with van der Waals surface area (Å²) in [6.45, 7) is 19.4. The topological polar surface area (TPSA) is 78.9 Å². The number of hydrogen-bond donors (Lipinski definition) is 1. The number of hydrogen-bond acceptors (Lipinski definition) is 7. The molecule has 210 valence electrons. The Balaban J connectivity index is 2.07. The summed E-state index contributed by atoms with van der Waals surface area (Å²) in [5, 5.41) is 3.56. The average molecular weight is 527 g/mol. The van der Waals surface area contributed by atoms with Gasteiger partial charge in [-0.2, -0.15) is 0 Å². The number of nitrogens with one attached hydrogen (secondary N) is 1. The van der Waals surface area contributed by atoms with Crippen LogP contribution in [-0.4, -0.2) is 42.9 Å². The van der Waals surface area contributed by atoms with Crippen LogP contribution in [0, 0.1) is 11.3 Å². The zero-order chi connectivity index (χ0) is 28.3. The van der Waals surface area contributed by atoms with Gasteiger partial charge in [0.15, 0.2) is 0 Å². The number of methoxy groups -OCH3 is 1. The molecule has 3 rings (SSSR count). The molecule has 2 heterocycles. The van der Waals surface area contributed by atoms with Gasteiger partial charge in [-0.25, -0.2) is 4.98 Å². The molecule has 4 atom stereocenters. The predicted molar refractivity (Wildman–Crippen MR) is 150 cm³/mol. The molecule has 0 aliphatic carbocycles. The van der Waals surface area contributed by atoms with Crippen LogP contribution >= 0.6 is 0 Å². The Bertz CT molecular complexity index is 1090. The van der Waals surface area contributed by atoms with Crippen molar-refractivity contribution in [2.75, 3.05) is 13.7 Å². The minimum absolute atomic E-state index is 0.0137. The molecule has 0 unspecified atom stereocenters. The first-order chi connectivity index (χ1) is 17.8. The monoisotopic (exact) mass is 526 g/mol. The molecule has 1 saturated heterocycles. The Morgan fingerprint density at radius 2 is 1.82 bits per heavy atom. The van der Waals surface area contributed by atoms with E-state index in [4.69, 9.17) is 18.9 Å². The van der Waals surface area contributed by atoms with Crippen molar-refractivity contribution in [1.82, 2.24) is 10.3 Å². The van der Waals surface area contributed by atoms with E-state index in [2.05, 4.69) is 64.0 Å². The van der Waals surface area contributed by atoms with Crippen molar-refractivity contribution in [3.63, 3.8) is 0 Å². The van der Waals surface area contributed by atoms with Crippen LogP contribution < -0.4 is 14.8 Å². The SMILES string of the molecule is CCOC(=O)[C@H]1N[C@@H](c2cccnc2OC(C)C)[C@@H](OCc2cc(C(C)(C)C)ccc2OC)[C@H]1C(C)(C)C. The fraction of sp³-hybridized carbons (Fsp3) is 0.613. The summed E-state index contributed by atoms with van der Waals surface area (Å²) in [5.41, 5.74) is 2.76. The van der Waals surface area contributed by atoms with E-state index >= 15 is 0 Å². The van der Waals surface area contributed by atoms with Crippen molar-refractivity contribution in [2.24, 2.45) is 11.3 Å². The normalized spacial score (nSPS) is 22.0. The van der Waals surface area contributed by atoms with Gasteiger partial charge in [0, 0.05) is 23.2 Å². The number of carbonyl (C=O) groups excluding carboxylic acids is 1. The van der Waals surface area contributed by atoms with Crippen LogP contribution in [-0.2, 0) is 26.3 Å². The van der Waals surface area contributed by atoms with Crippen LogP contribution in [0.5, 0.6) is 11.6 Å². The Morgan fingerprint density at radius 1 is 1.11 bits per heavy atom. The molecule has 1 fully saturated rings. The van der Waals surface area contributed by atoms with E-state index in [0.29, 0.717) is 19.1 Å². The predicted octanol–water partition coefficient (Wildman–Crippen LogP) is 6.00. The highest BCUT2D eigenvalue weighted by molar-refractivity contribution is 5.77. The molecule has 38 heavy (non-hydrogen) atoms. The Labute approximate surface area is 228 Å². The molecule has 0 spiro atoms. The molecule has 0 amide bonds. The van der Waals surface area contributed by atoms with Crippen molar-refractivity contribution >= 4 is 5.97 Å². The molecule has 0 radical (unpaired) electrons. The number of nitrogens with zero attached hydrogens (tertiary/aromatic N) is 1. The smallest absolute Gasteiger partial charge is 0.323 e. The fourth-order valence-corrected chi connectivity index (χ4v) is 5.20. The summed E-state index contributed by atoms with van der Waals surface area (Å²) in [4.78, 5) is 17.7. The fourth-order valence-electron chi connectivity index (χ4n) is 5.20. The van der Waals surface area contributed by atoms with Crippen molar-refractivity contribution in [3.8, 4) is 11.6 Å². The lowest BCUT2D eigenvalue weighted by Crippen LogP contribution is -2.44. The van der Waals surface area contributed by atoms with E-state index in [9.17, 15) is 4.79 Å². The maximum Gasteiger partial charge on any atom is 0.323 e. The van der Waals surface area contributed by atoms with Crippen molar-refractivity contribution in [3.05, 3.63) is 53.2 Å². The van der Waals surface area contributed by atoms with E-state index in [1.54, 1.807) is 13.3 Å². The third-order valence-corrected chi connectivity index (χ3v) is 7.00. The summed E-state index contributed by atoms with van der Waals surface area (Å²) in [5.74, 6) is 0.875. The summed E-state index contributed by atoms with van der Waals surface area (Å²) < 4.78 is 24.1. The van der Waals surface area contributed by atoms with Gasteiger partial charge in [-0.15, -0.1) is 0 Å². The maximum absolute atomic E-state index is 13.2. The zero-order valence-electron chi connectivity index (χ0n) is 24.8. The highest BCUT2D eigenvalue weighted by Crippen LogP contribution is 2.46. The van der Waals surface area contributed by atoms with Crippen LogP contribution in [0.1, 0.15) is 85.0 Å². The molecule has 1 aromatic heterocycles. The van der Waals surface area contributed by atoms with E-state index in [1.807, 2.05) is 39.0 Å². The van der Waals surface area contributed by atoms with Gasteiger partial charge in [-0.1, -0.05) is 53.7 Å². The Hall–Kier alpha value is -2.64. The third kappa shape index (κ3) is 6.86. The van der Waals surface area contributed by atoms with Crippen LogP contribution in [0.25, 0.3) is 0 Å². The standard InChI is InChI=1S/C31H46N2O5/c1-11-36-29(34)26-24(31(7,8)9)27(25(33-26)22-13-12-16-32-28(22)38-19(2)3)37-18-20-17-21(30(4,5)6)14-15-23(20)35-10/h12-17,19,24-27,33H,11,18H2,1-10H3/t24-,25-,26-,27-/m0/s1. The molecule has 2 aromatic rings. The Morgan fingerprint density at radius 3 is 2.39 bits per heavy atom. The first-order valence-corrected chi connectivity index (χ1v) is 13.6. The molecular formula is C31H46N2O5. The lowest BCUT2D eigenvalue weighted by Gasteiger charge is -2.35. The van der Waals surface area contributed by atoms with Gasteiger partial charge < -0.3 is 18.9 Å². The Kier molecular flexibility index (Phi) is 9.48.